The number of carbonyl (C=O) groups is 1. The molecule has 0 bridgehead atoms. The lowest BCUT2D eigenvalue weighted by atomic mass is 9.69. The molecule has 6 heteroatoms. The molecule has 0 unspecified atom stereocenters. The standard InChI is InChI=1S/C12H14N4O2/c17-11(18)12(3-1-4-12)8-14-10-9-2-5-15-16(9)7-6-13-10/h2,5-7H,1,3-4,8H2,(H,13,14)(H,17,18). The second-order valence-corrected chi connectivity index (χ2v) is 4.73. The van der Waals surface area contributed by atoms with Crippen LogP contribution >= 0.6 is 0 Å². The molecule has 2 aromatic rings. The maximum atomic E-state index is 11.3. The van der Waals surface area contributed by atoms with E-state index in [1.165, 1.54) is 0 Å². The number of carboxylic acid groups (broad SMARTS) is 1. The molecule has 6 nitrogen and oxygen atoms in total. The van der Waals surface area contributed by atoms with Crippen LogP contribution < -0.4 is 5.32 Å². The van der Waals surface area contributed by atoms with Gasteiger partial charge in [-0.3, -0.25) is 4.79 Å². The van der Waals surface area contributed by atoms with Crippen molar-refractivity contribution in [2.75, 3.05) is 11.9 Å². The molecule has 0 aromatic carbocycles. The molecule has 2 heterocycles. The molecule has 18 heavy (non-hydrogen) atoms. The summed E-state index contributed by atoms with van der Waals surface area (Å²) in [4.78, 5) is 15.5. The molecule has 3 rings (SSSR count). The van der Waals surface area contributed by atoms with E-state index >= 15 is 0 Å². The zero-order chi connectivity index (χ0) is 12.6. The van der Waals surface area contributed by atoms with Gasteiger partial charge in [-0.15, -0.1) is 0 Å². The van der Waals surface area contributed by atoms with E-state index in [0.29, 0.717) is 12.4 Å². The van der Waals surface area contributed by atoms with Crippen LogP contribution in [0.2, 0.25) is 0 Å². The Morgan fingerprint density at radius 1 is 1.50 bits per heavy atom. The summed E-state index contributed by atoms with van der Waals surface area (Å²) < 4.78 is 1.71. The highest BCUT2D eigenvalue weighted by Gasteiger charge is 2.44. The van der Waals surface area contributed by atoms with E-state index < -0.39 is 11.4 Å². The Morgan fingerprint density at radius 3 is 3.00 bits per heavy atom. The third-order valence-corrected chi connectivity index (χ3v) is 3.68. The third-order valence-electron chi connectivity index (χ3n) is 3.68. The number of fused-ring (bicyclic) bond motifs is 1. The topological polar surface area (TPSA) is 79.5 Å². The van der Waals surface area contributed by atoms with Crippen LogP contribution in [0, 0.1) is 5.41 Å². The summed E-state index contributed by atoms with van der Waals surface area (Å²) in [5.41, 5.74) is 0.242. The number of anilines is 1. The van der Waals surface area contributed by atoms with Crippen molar-refractivity contribution in [1.82, 2.24) is 14.6 Å². The predicted octanol–water partition coefficient (Wildman–Crippen LogP) is 1.40. The van der Waals surface area contributed by atoms with Gasteiger partial charge in [0.25, 0.3) is 0 Å². The number of carboxylic acids is 1. The van der Waals surface area contributed by atoms with Gasteiger partial charge in [0.15, 0.2) is 5.82 Å². The van der Waals surface area contributed by atoms with Crippen LogP contribution in [0.4, 0.5) is 5.82 Å². The maximum absolute atomic E-state index is 11.3. The quantitative estimate of drug-likeness (QED) is 0.852. The van der Waals surface area contributed by atoms with Crippen molar-refractivity contribution < 1.29 is 9.90 Å². The van der Waals surface area contributed by atoms with Gasteiger partial charge in [-0.1, -0.05) is 6.42 Å². The SMILES string of the molecule is O=C(O)C1(CNc2nccn3nccc23)CCC1. The van der Waals surface area contributed by atoms with Crippen molar-refractivity contribution in [3.63, 3.8) is 0 Å². The molecule has 0 aliphatic heterocycles. The lowest BCUT2D eigenvalue weighted by Gasteiger charge is -2.37. The Balaban J connectivity index is 1.81. The molecule has 1 fully saturated rings. The van der Waals surface area contributed by atoms with Gasteiger partial charge in [0.1, 0.15) is 5.52 Å². The molecular weight excluding hydrogens is 232 g/mol. The third kappa shape index (κ3) is 1.61. The minimum absolute atomic E-state index is 0.417. The van der Waals surface area contributed by atoms with Crippen LogP contribution in [-0.2, 0) is 4.79 Å². The van der Waals surface area contributed by atoms with Gasteiger partial charge < -0.3 is 10.4 Å². The van der Waals surface area contributed by atoms with Crippen molar-refractivity contribution in [2.45, 2.75) is 19.3 Å². The highest BCUT2D eigenvalue weighted by atomic mass is 16.4. The number of nitrogens with one attached hydrogen (secondary N) is 1. The first kappa shape index (κ1) is 11.0. The van der Waals surface area contributed by atoms with Crippen molar-refractivity contribution in [1.29, 1.82) is 0 Å². The van der Waals surface area contributed by atoms with E-state index in [1.807, 2.05) is 6.07 Å². The Kier molecular flexibility index (Phi) is 2.43. The van der Waals surface area contributed by atoms with E-state index in [9.17, 15) is 9.90 Å². The molecule has 0 atom stereocenters. The van der Waals surface area contributed by atoms with E-state index in [4.69, 9.17) is 0 Å². The van der Waals surface area contributed by atoms with Crippen LogP contribution in [0.15, 0.2) is 24.7 Å². The van der Waals surface area contributed by atoms with Crippen molar-refractivity contribution in [2.24, 2.45) is 5.41 Å². The number of aliphatic carboxylic acids is 1. The fraction of sp³-hybridized carbons (Fsp3) is 0.417. The Bertz CT molecular complexity index is 589. The van der Waals surface area contributed by atoms with Crippen molar-refractivity contribution >= 4 is 17.3 Å². The highest BCUT2D eigenvalue weighted by Crippen LogP contribution is 2.41. The Morgan fingerprint density at radius 2 is 2.33 bits per heavy atom. The van der Waals surface area contributed by atoms with Gasteiger partial charge in [0.05, 0.1) is 11.6 Å². The molecule has 2 N–H and O–H groups in total. The summed E-state index contributed by atoms with van der Waals surface area (Å²) in [5, 5.41) is 16.5. The number of rotatable bonds is 4. The summed E-state index contributed by atoms with van der Waals surface area (Å²) in [6, 6.07) is 1.85. The lowest BCUT2D eigenvalue weighted by Crippen LogP contribution is -2.43. The summed E-state index contributed by atoms with van der Waals surface area (Å²) in [6.07, 6.45) is 7.56. The molecule has 0 radical (unpaired) electrons. The molecule has 1 aliphatic rings. The summed E-state index contributed by atoms with van der Waals surface area (Å²) >= 11 is 0. The summed E-state index contributed by atoms with van der Waals surface area (Å²) in [5.74, 6) is -0.0377. The lowest BCUT2D eigenvalue weighted by molar-refractivity contribution is -0.153. The largest absolute Gasteiger partial charge is 0.481 e. The van der Waals surface area contributed by atoms with Crippen LogP contribution in [-0.4, -0.2) is 32.2 Å². The second-order valence-electron chi connectivity index (χ2n) is 4.73. The summed E-state index contributed by atoms with van der Waals surface area (Å²) in [7, 11) is 0. The second kappa shape index (κ2) is 3.97. The van der Waals surface area contributed by atoms with Crippen molar-refractivity contribution in [3.05, 3.63) is 24.7 Å². The average Bonchev–Trinajstić information content (AvgIpc) is 2.75. The molecular formula is C12H14N4O2. The summed E-state index contributed by atoms with van der Waals surface area (Å²) in [6.45, 7) is 0.417. The minimum Gasteiger partial charge on any atom is -0.481 e. The molecule has 94 valence electrons. The molecule has 1 aliphatic carbocycles. The fourth-order valence-electron chi connectivity index (χ4n) is 2.32. The van der Waals surface area contributed by atoms with Crippen LogP contribution in [0.25, 0.3) is 5.52 Å². The maximum Gasteiger partial charge on any atom is 0.311 e. The van der Waals surface area contributed by atoms with Gasteiger partial charge in [0, 0.05) is 18.9 Å². The van der Waals surface area contributed by atoms with E-state index in [-0.39, 0.29) is 0 Å². The van der Waals surface area contributed by atoms with Gasteiger partial charge in [0.2, 0.25) is 0 Å². The normalized spacial score (nSPS) is 17.3. The van der Waals surface area contributed by atoms with E-state index in [0.717, 1.165) is 24.8 Å². The number of hydrogen-bond donors (Lipinski definition) is 2. The van der Waals surface area contributed by atoms with Gasteiger partial charge >= 0.3 is 5.97 Å². The van der Waals surface area contributed by atoms with Crippen molar-refractivity contribution in [3.8, 4) is 0 Å². The van der Waals surface area contributed by atoms with E-state index in [1.54, 1.807) is 23.1 Å². The van der Waals surface area contributed by atoms with Gasteiger partial charge in [-0.05, 0) is 18.9 Å². The van der Waals surface area contributed by atoms with E-state index in [2.05, 4.69) is 15.4 Å². The molecule has 1 saturated carbocycles. The van der Waals surface area contributed by atoms with Crippen LogP contribution in [0.5, 0.6) is 0 Å². The first-order valence-corrected chi connectivity index (χ1v) is 5.97. The zero-order valence-electron chi connectivity index (χ0n) is 9.83. The monoisotopic (exact) mass is 246 g/mol. The first-order chi connectivity index (χ1) is 8.71. The van der Waals surface area contributed by atoms with Crippen LogP contribution in [0.1, 0.15) is 19.3 Å². The zero-order valence-corrected chi connectivity index (χ0v) is 9.83. The smallest absolute Gasteiger partial charge is 0.311 e. The van der Waals surface area contributed by atoms with Crippen LogP contribution in [0.3, 0.4) is 0 Å². The van der Waals surface area contributed by atoms with Gasteiger partial charge in [-0.25, -0.2) is 9.50 Å². The molecule has 0 saturated heterocycles. The highest BCUT2D eigenvalue weighted by molar-refractivity contribution is 5.77. The average molecular weight is 246 g/mol. The predicted molar refractivity (Wildman–Crippen MR) is 65.4 cm³/mol. The molecule has 0 spiro atoms. The minimum atomic E-state index is -0.721. The number of hydrogen-bond acceptors (Lipinski definition) is 4. The first-order valence-electron chi connectivity index (χ1n) is 5.97. The number of aromatic nitrogens is 3. The number of nitrogens with zero attached hydrogens (tertiary/aromatic N) is 3. The molecule has 2 aromatic heterocycles. The van der Waals surface area contributed by atoms with Gasteiger partial charge in [-0.2, -0.15) is 5.10 Å². The Labute approximate surface area is 104 Å². The molecule has 0 amide bonds. The Hall–Kier alpha value is -2.11. The fourth-order valence-corrected chi connectivity index (χ4v) is 2.32.